The zero-order valence-electron chi connectivity index (χ0n) is 20.4. The fourth-order valence-electron chi connectivity index (χ4n) is 4.94. The molecule has 1 fully saturated rings. The van der Waals surface area contributed by atoms with Crippen LogP contribution in [0.3, 0.4) is 0 Å². The average molecular weight is 508 g/mol. The summed E-state index contributed by atoms with van der Waals surface area (Å²) < 4.78 is 12.8. The van der Waals surface area contributed by atoms with Crippen LogP contribution in [0.2, 0.25) is 0 Å². The molecular weight excluding hydrogens is 478 g/mol. The van der Waals surface area contributed by atoms with Gasteiger partial charge < -0.3 is 19.7 Å². The monoisotopic (exact) mass is 507 g/mol. The summed E-state index contributed by atoms with van der Waals surface area (Å²) in [6.07, 6.45) is 0.624. The van der Waals surface area contributed by atoms with Crippen LogP contribution >= 0.6 is 12.2 Å². The second kappa shape index (κ2) is 10.2. The van der Waals surface area contributed by atoms with E-state index in [2.05, 4.69) is 27.3 Å². The molecule has 1 unspecified atom stereocenters. The van der Waals surface area contributed by atoms with E-state index in [0.717, 1.165) is 19.6 Å². The molecule has 1 saturated heterocycles. The number of rotatable bonds is 7. The highest BCUT2D eigenvalue weighted by Crippen LogP contribution is 2.38. The molecule has 0 saturated carbocycles. The molecule has 36 heavy (non-hydrogen) atoms. The van der Waals surface area contributed by atoms with E-state index in [9.17, 15) is 9.59 Å². The van der Waals surface area contributed by atoms with Crippen molar-refractivity contribution in [1.29, 1.82) is 0 Å². The van der Waals surface area contributed by atoms with Crippen LogP contribution in [0.1, 0.15) is 24.4 Å². The lowest BCUT2D eigenvalue weighted by molar-refractivity contribution is -0.133. The molecule has 1 N–H and O–H groups in total. The van der Waals surface area contributed by atoms with Gasteiger partial charge in [0.05, 0.1) is 19.7 Å². The molecule has 0 spiro atoms. The summed E-state index contributed by atoms with van der Waals surface area (Å²) in [6, 6.07) is 13.3. The zero-order valence-corrected chi connectivity index (χ0v) is 21.2. The number of anilines is 1. The van der Waals surface area contributed by atoms with Gasteiger partial charge in [0.15, 0.2) is 11.5 Å². The number of benzene rings is 2. The second-order valence-corrected chi connectivity index (χ2v) is 9.39. The number of piperazine rings is 1. The third-order valence-corrected chi connectivity index (χ3v) is 7.17. The number of hydrogen-bond donors (Lipinski definition) is 1. The van der Waals surface area contributed by atoms with Crippen molar-refractivity contribution in [3.8, 4) is 11.5 Å². The largest absolute Gasteiger partial charge is 0.493 e. The number of methoxy groups -OCH3 is 2. The summed E-state index contributed by atoms with van der Waals surface area (Å²) >= 11 is 5.54. The minimum atomic E-state index is -0.583. The van der Waals surface area contributed by atoms with Crippen molar-refractivity contribution in [3.05, 3.63) is 52.8 Å². The van der Waals surface area contributed by atoms with Crippen LogP contribution in [0.5, 0.6) is 11.5 Å². The van der Waals surface area contributed by atoms with E-state index in [1.54, 1.807) is 30.9 Å². The Bertz CT molecular complexity index is 1350. The quantitative estimate of drug-likeness (QED) is 0.491. The second-order valence-electron chi connectivity index (χ2n) is 9.02. The lowest BCUT2D eigenvalue weighted by atomic mass is 10.1. The van der Waals surface area contributed by atoms with Crippen LogP contribution in [0.15, 0.2) is 42.5 Å². The van der Waals surface area contributed by atoms with Gasteiger partial charge in [-0.3, -0.25) is 19.1 Å². The summed E-state index contributed by atoms with van der Waals surface area (Å²) in [6.45, 7) is 3.93. The van der Waals surface area contributed by atoms with E-state index in [4.69, 9.17) is 21.7 Å². The Morgan fingerprint density at radius 3 is 2.47 bits per heavy atom. The summed E-state index contributed by atoms with van der Waals surface area (Å²) in [5.41, 5.74) is 1.88. The molecule has 0 radical (unpaired) electrons. The van der Waals surface area contributed by atoms with Crippen molar-refractivity contribution in [2.45, 2.75) is 25.4 Å². The van der Waals surface area contributed by atoms with Crippen LogP contribution in [0, 0.1) is 4.77 Å². The maximum absolute atomic E-state index is 13.0. The highest BCUT2D eigenvalue weighted by atomic mass is 32.1. The Labute approximate surface area is 214 Å². The van der Waals surface area contributed by atoms with Crippen LogP contribution in [0.25, 0.3) is 10.9 Å². The first-order valence-corrected chi connectivity index (χ1v) is 12.4. The van der Waals surface area contributed by atoms with Gasteiger partial charge in [-0.15, -0.1) is 0 Å². The number of ether oxygens (including phenoxy) is 2. The summed E-state index contributed by atoms with van der Waals surface area (Å²) in [4.78, 5) is 34.7. The molecule has 188 valence electrons. The van der Waals surface area contributed by atoms with Crippen LogP contribution in [-0.2, 0) is 16.1 Å². The average Bonchev–Trinajstić information content (AvgIpc) is 3.24. The van der Waals surface area contributed by atoms with Crippen LogP contribution in [0.4, 0.5) is 5.82 Å². The number of fused-ring (bicyclic) bond motifs is 3. The van der Waals surface area contributed by atoms with E-state index >= 15 is 0 Å². The Morgan fingerprint density at radius 1 is 1.08 bits per heavy atom. The Hall–Kier alpha value is -3.50. The van der Waals surface area contributed by atoms with Gasteiger partial charge in [0.2, 0.25) is 16.6 Å². The van der Waals surface area contributed by atoms with E-state index in [1.807, 2.05) is 23.1 Å². The van der Waals surface area contributed by atoms with Crippen LogP contribution in [-0.4, -0.2) is 71.6 Å². The van der Waals surface area contributed by atoms with Crippen LogP contribution < -0.4 is 14.8 Å². The van der Waals surface area contributed by atoms with E-state index in [-0.39, 0.29) is 23.0 Å². The third-order valence-electron chi connectivity index (χ3n) is 6.88. The van der Waals surface area contributed by atoms with Gasteiger partial charge in [0.25, 0.3) is 0 Å². The SMILES string of the molecule is COc1cc2nc(=S)n3c(c2cc1OC)NC(=O)C3CCC(=O)N1CCN(Cc2ccccc2)CC1. The standard InChI is InChI=1S/C26H29N5O4S/c1-34-21-14-18-19(15-22(21)35-2)27-26(36)31-20(25(33)28-24(18)31)8-9-23(32)30-12-10-29(11-13-30)16-17-6-4-3-5-7-17/h3-7,14-15,20H,8-13,16H2,1-2H3,(H,28,33). The molecule has 2 amide bonds. The van der Waals surface area contributed by atoms with Gasteiger partial charge >= 0.3 is 0 Å². The van der Waals surface area contributed by atoms with Crippen molar-refractivity contribution >= 4 is 40.8 Å². The van der Waals surface area contributed by atoms with Crippen molar-refractivity contribution in [1.82, 2.24) is 19.4 Å². The van der Waals surface area contributed by atoms with Gasteiger partial charge in [-0.25, -0.2) is 4.98 Å². The highest BCUT2D eigenvalue weighted by Gasteiger charge is 2.33. The molecular formula is C26H29N5O4S. The van der Waals surface area contributed by atoms with Crippen molar-refractivity contribution in [2.75, 3.05) is 45.7 Å². The summed E-state index contributed by atoms with van der Waals surface area (Å²) in [5, 5.41) is 3.65. The van der Waals surface area contributed by atoms with Gasteiger partial charge in [0, 0.05) is 50.6 Å². The number of aromatic nitrogens is 2. The number of carbonyl (C=O) groups excluding carboxylic acids is 2. The molecule has 3 aromatic rings. The normalized spacial score (nSPS) is 17.7. The topological polar surface area (TPSA) is 88.9 Å². The highest BCUT2D eigenvalue weighted by molar-refractivity contribution is 7.71. The first-order chi connectivity index (χ1) is 17.5. The molecule has 9 nitrogen and oxygen atoms in total. The zero-order chi connectivity index (χ0) is 25.2. The molecule has 10 heteroatoms. The minimum absolute atomic E-state index is 0.0577. The Balaban J connectivity index is 1.26. The van der Waals surface area contributed by atoms with Gasteiger partial charge in [0.1, 0.15) is 11.9 Å². The smallest absolute Gasteiger partial charge is 0.248 e. The van der Waals surface area contributed by atoms with Crippen molar-refractivity contribution in [2.24, 2.45) is 0 Å². The molecule has 2 aromatic carbocycles. The number of carbonyl (C=O) groups is 2. The van der Waals surface area contributed by atoms with Gasteiger partial charge in [-0.05, 0) is 30.3 Å². The predicted octanol–water partition coefficient (Wildman–Crippen LogP) is 3.40. The molecule has 1 aromatic heterocycles. The lowest BCUT2D eigenvalue weighted by Crippen LogP contribution is -2.48. The molecule has 2 aliphatic heterocycles. The number of amides is 2. The fourth-order valence-corrected chi connectivity index (χ4v) is 5.26. The Kier molecular flexibility index (Phi) is 6.88. The number of nitrogens with zero attached hydrogens (tertiary/aromatic N) is 4. The summed E-state index contributed by atoms with van der Waals surface area (Å²) in [7, 11) is 3.11. The van der Waals surface area contributed by atoms with Crippen molar-refractivity contribution in [3.63, 3.8) is 0 Å². The predicted molar refractivity (Wildman–Crippen MR) is 139 cm³/mol. The minimum Gasteiger partial charge on any atom is -0.493 e. The molecule has 5 rings (SSSR count). The van der Waals surface area contributed by atoms with Gasteiger partial charge in [-0.2, -0.15) is 0 Å². The number of hydrogen-bond acceptors (Lipinski definition) is 7. The van der Waals surface area contributed by atoms with E-state index in [0.29, 0.717) is 47.7 Å². The lowest BCUT2D eigenvalue weighted by Gasteiger charge is -2.35. The first-order valence-electron chi connectivity index (χ1n) is 12.0. The molecule has 3 heterocycles. The Morgan fingerprint density at radius 2 is 1.78 bits per heavy atom. The molecule has 0 aliphatic carbocycles. The van der Waals surface area contributed by atoms with Crippen molar-refractivity contribution < 1.29 is 19.1 Å². The third kappa shape index (κ3) is 4.66. The van der Waals surface area contributed by atoms with E-state index < -0.39 is 6.04 Å². The first kappa shape index (κ1) is 24.2. The van der Waals surface area contributed by atoms with E-state index in [1.165, 1.54) is 5.56 Å². The molecule has 0 bridgehead atoms. The maximum Gasteiger partial charge on any atom is 0.248 e. The molecule has 1 atom stereocenters. The fraction of sp³-hybridized carbons (Fsp3) is 0.385. The molecule has 2 aliphatic rings. The van der Waals surface area contributed by atoms with Gasteiger partial charge in [-0.1, -0.05) is 30.3 Å². The maximum atomic E-state index is 13.0. The summed E-state index contributed by atoms with van der Waals surface area (Å²) in [5.74, 6) is 1.51. The number of nitrogens with one attached hydrogen (secondary N) is 1.